The number of ketones is 2. The monoisotopic (exact) mass is 516 g/mol. The number of phenols is 1. The van der Waals surface area contributed by atoms with Crippen LogP contribution in [0.1, 0.15) is 41.6 Å². The van der Waals surface area contributed by atoms with Gasteiger partial charge in [-0.25, -0.2) is 0 Å². The van der Waals surface area contributed by atoms with Crippen molar-refractivity contribution >= 4 is 29.1 Å². The molecule has 4 rings (SSSR count). The third-order valence-corrected chi connectivity index (χ3v) is 7.09. The number of fused-ring (bicyclic) bond motifs is 1. The molecular weight excluding hydrogens is 492 g/mol. The number of halogens is 1. The zero-order chi connectivity index (χ0) is 26.4. The standard InChI is InChI=1S/C26H25ClO9/c1-12-8-16(29)20(15(10-19(30)35-4)13-6-5-7-14(28)9-13)24(31)26(12)25(32)21-17(33-2)11-18(34-3)22(27)23(21)36-26/h5-7,9,11-12,15,28,31H,8,10H2,1-4H3/t12-,15-,26+/m1/s1. The minimum Gasteiger partial charge on any atom is -0.508 e. The number of hydrogen-bond acceptors (Lipinski definition) is 9. The highest BCUT2D eigenvalue weighted by atomic mass is 35.5. The molecule has 0 radical (unpaired) electrons. The van der Waals surface area contributed by atoms with Crippen LogP contribution in [-0.4, -0.2) is 54.7 Å². The van der Waals surface area contributed by atoms with E-state index in [0.29, 0.717) is 5.56 Å². The molecule has 0 unspecified atom stereocenters. The Labute approximate surface area is 212 Å². The van der Waals surface area contributed by atoms with Gasteiger partial charge in [0.15, 0.2) is 17.3 Å². The summed E-state index contributed by atoms with van der Waals surface area (Å²) in [5, 5.41) is 21.7. The van der Waals surface area contributed by atoms with Crippen molar-refractivity contribution in [2.75, 3.05) is 21.3 Å². The van der Waals surface area contributed by atoms with Gasteiger partial charge in [-0.3, -0.25) is 14.4 Å². The van der Waals surface area contributed by atoms with Gasteiger partial charge in [0.1, 0.15) is 27.8 Å². The molecule has 0 saturated carbocycles. The fraction of sp³-hybridized carbons (Fsp3) is 0.346. The van der Waals surface area contributed by atoms with E-state index in [2.05, 4.69) is 0 Å². The van der Waals surface area contributed by atoms with Crippen molar-refractivity contribution in [2.24, 2.45) is 5.92 Å². The Bertz CT molecular complexity index is 1300. The van der Waals surface area contributed by atoms with Gasteiger partial charge < -0.3 is 29.2 Å². The van der Waals surface area contributed by atoms with Crippen LogP contribution in [0.2, 0.25) is 5.02 Å². The number of methoxy groups -OCH3 is 3. The van der Waals surface area contributed by atoms with Crippen molar-refractivity contribution in [1.82, 2.24) is 0 Å². The zero-order valence-electron chi connectivity index (χ0n) is 20.1. The number of aliphatic hydroxyl groups is 1. The number of aromatic hydroxyl groups is 1. The van der Waals surface area contributed by atoms with E-state index in [0.717, 1.165) is 0 Å². The maximum atomic E-state index is 13.9. The lowest BCUT2D eigenvalue weighted by Gasteiger charge is -2.38. The minimum absolute atomic E-state index is 0.0102. The van der Waals surface area contributed by atoms with Crippen molar-refractivity contribution in [2.45, 2.75) is 31.3 Å². The van der Waals surface area contributed by atoms with Gasteiger partial charge in [-0.2, -0.15) is 0 Å². The second-order valence-corrected chi connectivity index (χ2v) is 9.06. The lowest BCUT2D eigenvalue weighted by atomic mass is 9.69. The van der Waals surface area contributed by atoms with E-state index in [-0.39, 0.29) is 52.0 Å². The number of phenolic OH excluding ortho intramolecular Hbond substituents is 1. The van der Waals surface area contributed by atoms with Crippen LogP contribution in [0.15, 0.2) is 41.7 Å². The fourth-order valence-electron chi connectivity index (χ4n) is 4.92. The number of ether oxygens (including phenoxy) is 4. The van der Waals surface area contributed by atoms with Crippen LogP contribution in [0.5, 0.6) is 23.0 Å². The van der Waals surface area contributed by atoms with Gasteiger partial charge in [0.2, 0.25) is 11.4 Å². The van der Waals surface area contributed by atoms with Crippen molar-refractivity contribution < 1.29 is 43.5 Å². The summed E-state index contributed by atoms with van der Waals surface area (Å²) >= 11 is 6.46. The summed E-state index contributed by atoms with van der Waals surface area (Å²) in [5.74, 6) is -3.99. The Hall–Kier alpha value is -3.72. The molecule has 0 aromatic heterocycles. The largest absolute Gasteiger partial charge is 0.508 e. The van der Waals surface area contributed by atoms with Gasteiger partial charge in [0.25, 0.3) is 0 Å². The summed E-state index contributed by atoms with van der Waals surface area (Å²) in [6.07, 6.45) is -0.485. The highest BCUT2D eigenvalue weighted by Gasteiger charge is 2.61. The minimum atomic E-state index is -1.99. The number of aliphatic hydroxyl groups excluding tert-OH is 1. The van der Waals surface area contributed by atoms with Gasteiger partial charge in [0, 0.05) is 29.9 Å². The van der Waals surface area contributed by atoms with Gasteiger partial charge in [-0.1, -0.05) is 30.7 Å². The van der Waals surface area contributed by atoms with Gasteiger partial charge in [0.05, 0.1) is 27.8 Å². The first kappa shape index (κ1) is 25.4. The molecule has 0 saturated heterocycles. The number of esters is 1. The summed E-state index contributed by atoms with van der Waals surface area (Å²) in [6.45, 7) is 1.61. The van der Waals surface area contributed by atoms with Crippen molar-refractivity contribution in [1.29, 1.82) is 0 Å². The van der Waals surface area contributed by atoms with Crippen molar-refractivity contribution in [3.63, 3.8) is 0 Å². The predicted octanol–water partition coefficient (Wildman–Crippen LogP) is 4.14. The topological polar surface area (TPSA) is 129 Å². The van der Waals surface area contributed by atoms with Crippen molar-refractivity contribution in [3.8, 4) is 23.0 Å². The average molecular weight is 517 g/mol. The molecule has 1 spiro atoms. The highest BCUT2D eigenvalue weighted by molar-refractivity contribution is 6.35. The predicted molar refractivity (Wildman–Crippen MR) is 128 cm³/mol. The van der Waals surface area contributed by atoms with Crippen molar-refractivity contribution in [3.05, 3.63) is 57.8 Å². The van der Waals surface area contributed by atoms with Crippen LogP contribution in [-0.2, 0) is 14.3 Å². The van der Waals surface area contributed by atoms with Crippen LogP contribution in [0, 0.1) is 5.92 Å². The average Bonchev–Trinajstić information content (AvgIpc) is 3.17. The number of rotatable bonds is 6. The van der Waals surface area contributed by atoms with Gasteiger partial charge in [-0.05, 0) is 17.7 Å². The molecule has 190 valence electrons. The molecule has 2 aromatic carbocycles. The molecule has 10 heteroatoms. The second-order valence-electron chi connectivity index (χ2n) is 8.68. The third kappa shape index (κ3) is 3.74. The molecule has 3 atom stereocenters. The molecule has 0 amide bonds. The van der Waals surface area contributed by atoms with Crippen LogP contribution < -0.4 is 14.2 Å². The Morgan fingerprint density at radius 1 is 1.17 bits per heavy atom. The smallest absolute Gasteiger partial charge is 0.306 e. The number of hydrogen-bond donors (Lipinski definition) is 2. The number of carbonyl (C=O) groups excluding carboxylic acids is 3. The van der Waals surface area contributed by atoms with Crippen LogP contribution in [0.25, 0.3) is 0 Å². The summed E-state index contributed by atoms with van der Waals surface area (Å²) < 4.78 is 21.6. The molecular formula is C26H25ClO9. The zero-order valence-corrected chi connectivity index (χ0v) is 20.8. The quantitative estimate of drug-likeness (QED) is 0.544. The first-order valence-electron chi connectivity index (χ1n) is 11.1. The first-order valence-corrected chi connectivity index (χ1v) is 11.5. The lowest BCUT2D eigenvalue weighted by Crippen LogP contribution is -2.53. The molecule has 1 aliphatic carbocycles. The number of benzene rings is 2. The highest BCUT2D eigenvalue weighted by Crippen LogP contribution is 2.55. The molecule has 0 bridgehead atoms. The summed E-state index contributed by atoms with van der Waals surface area (Å²) in [5.41, 5.74) is -1.77. The van der Waals surface area contributed by atoms with Crippen LogP contribution >= 0.6 is 11.6 Å². The SMILES string of the molecule is COC(=O)C[C@@H](C1=C(O)[C@@]2(Oc3c(Cl)c(OC)cc(OC)c3C2=O)[C@H](C)CC1=O)c1cccc(O)c1. The summed E-state index contributed by atoms with van der Waals surface area (Å²) in [4.78, 5) is 39.6. The fourth-order valence-corrected chi connectivity index (χ4v) is 5.18. The molecule has 9 nitrogen and oxygen atoms in total. The third-order valence-electron chi connectivity index (χ3n) is 6.73. The first-order chi connectivity index (χ1) is 17.1. The molecule has 2 aliphatic rings. The van der Waals surface area contributed by atoms with E-state index in [9.17, 15) is 24.6 Å². The summed E-state index contributed by atoms with van der Waals surface area (Å²) in [6, 6.07) is 7.39. The lowest BCUT2D eigenvalue weighted by molar-refractivity contribution is -0.140. The maximum absolute atomic E-state index is 13.9. The van der Waals surface area contributed by atoms with Crippen LogP contribution in [0.3, 0.4) is 0 Å². The maximum Gasteiger partial charge on any atom is 0.306 e. The number of Topliss-reactive ketones (excluding diaryl/α,β-unsaturated/α-hetero) is 2. The van der Waals surface area contributed by atoms with E-state index >= 15 is 0 Å². The van der Waals surface area contributed by atoms with Crippen LogP contribution in [0.4, 0.5) is 0 Å². The molecule has 1 aliphatic heterocycles. The van der Waals surface area contributed by atoms with E-state index in [4.69, 9.17) is 30.5 Å². The Morgan fingerprint density at radius 3 is 2.47 bits per heavy atom. The van der Waals surface area contributed by atoms with E-state index in [1.54, 1.807) is 19.1 Å². The Balaban J connectivity index is 1.96. The van der Waals surface area contributed by atoms with E-state index in [1.807, 2.05) is 0 Å². The van der Waals surface area contributed by atoms with E-state index < -0.39 is 40.7 Å². The Kier molecular flexibility index (Phi) is 6.62. The number of allylic oxidation sites excluding steroid dienone is 1. The van der Waals surface area contributed by atoms with E-state index in [1.165, 1.54) is 39.5 Å². The molecule has 1 heterocycles. The van der Waals surface area contributed by atoms with Gasteiger partial charge >= 0.3 is 5.97 Å². The summed E-state index contributed by atoms with van der Waals surface area (Å²) in [7, 11) is 3.96. The molecule has 2 N–H and O–H groups in total. The molecule has 36 heavy (non-hydrogen) atoms. The normalized spacial score (nSPS) is 21.8. The number of carbonyl (C=O) groups is 3. The molecule has 0 fully saturated rings. The van der Waals surface area contributed by atoms with Gasteiger partial charge in [-0.15, -0.1) is 0 Å². The Morgan fingerprint density at radius 2 is 1.86 bits per heavy atom. The second kappa shape index (κ2) is 9.39. The molecule has 2 aromatic rings.